The van der Waals surface area contributed by atoms with E-state index in [9.17, 15) is 9.59 Å². The van der Waals surface area contributed by atoms with E-state index < -0.39 is 22.2 Å². The molecule has 5 nitrogen and oxygen atoms in total. The molecule has 0 radical (unpaired) electrons. The Kier molecular flexibility index (Phi) is 3.92. The molecule has 1 atom stereocenters. The molecule has 0 spiro atoms. The fourth-order valence-electron chi connectivity index (χ4n) is 3.23. The first-order valence-corrected chi connectivity index (χ1v) is 7.76. The van der Waals surface area contributed by atoms with Crippen molar-refractivity contribution >= 4 is 11.6 Å². The third-order valence-electron chi connectivity index (χ3n) is 4.50. The van der Waals surface area contributed by atoms with Gasteiger partial charge >= 0.3 is 0 Å². The van der Waals surface area contributed by atoms with Gasteiger partial charge in [-0.15, -0.1) is 0 Å². The molecule has 0 aromatic carbocycles. The Bertz CT molecular complexity index is 541. The fourth-order valence-corrected chi connectivity index (χ4v) is 3.23. The van der Waals surface area contributed by atoms with E-state index in [0.717, 1.165) is 6.42 Å². The summed E-state index contributed by atoms with van der Waals surface area (Å²) < 4.78 is 5.91. The van der Waals surface area contributed by atoms with Crippen molar-refractivity contribution in [3.05, 3.63) is 11.6 Å². The first-order chi connectivity index (χ1) is 9.92. The Morgan fingerprint density at radius 1 is 1.05 bits per heavy atom. The monoisotopic (exact) mass is 310 g/mol. The summed E-state index contributed by atoms with van der Waals surface area (Å²) in [7, 11) is 0. The third-order valence-corrected chi connectivity index (χ3v) is 4.50. The number of rotatable bonds is 3. The van der Waals surface area contributed by atoms with E-state index in [4.69, 9.17) is 14.5 Å². The van der Waals surface area contributed by atoms with Gasteiger partial charge in [0.15, 0.2) is 11.6 Å². The lowest BCUT2D eigenvalue weighted by molar-refractivity contribution is -0.470. The minimum absolute atomic E-state index is 0.207. The maximum atomic E-state index is 12.9. The van der Waals surface area contributed by atoms with Crippen LogP contribution in [0.15, 0.2) is 11.6 Å². The Balaban J connectivity index is 2.69. The van der Waals surface area contributed by atoms with Crippen molar-refractivity contribution in [2.24, 2.45) is 10.8 Å². The number of ether oxygens (including phenoxy) is 1. The highest BCUT2D eigenvalue weighted by atomic mass is 17.2. The molecule has 2 aliphatic rings. The molecule has 1 fully saturated rings. The minimum atomic E-state index is -1.48. The molecule has 1 aliphatic carbocycles. The lowest BCUT2D eigenvalue weighted by atomic mass is 9.57. The van der Waals surface area contributed by atoms with Crippen molar-refractivity contribution in [1.29, 1.82) is 0 Å². The van der Waals surface area contributed by atoms with Gasteiger partial charge in [-0.3, -0.25) is 9.59 Å². The van der Waals surface area contributed by atoms with Gasteiger partial charge < -0.3 is 4.74 Å². The highest BCUT2D eigenvalue weighted by Crippen LogP contribution is 2.54. The molecule has 1 heterocycles. The van der Waals surface area contributed by atoms with E-state index in [2.05, 4.69) is 0 Å². The van der Waals surface area contributed by atoms with E-state index in [0.29, 0.717) is 12.2 Å². The molecular formula is C17H26O5. The first kappa shape index (κ1) is 17.3. The molecule has 1 aliphatic heterocycles. The van der Waals surface area contributed by atoms with Crippen LogP contribution in [0.25, 0.3) is 0 Å². The second-order valence-corrected chi connectivity index (χ2v) is 7.70. The smallest absolute Gasteiger partial charge is 0.243 e. The van der Waals surface area contributed by atoms with Crippen LogP contribution in [0.2, 0.25) is 0 Å². The Hall–Kier alpha value is -1.04. The Labute approximate surface area is 131 Å². The largest absolute Gasteiger partial charge is 0.343 e. The fraction of sp³-hybridized carbons (Fsp3) is 0.765. The van der Waals surface area contributed by atoms with Crippen LogP contribution >= 0.6 is 0 Å². The topological polar surface area (TPSA) is 61.8 Å². The average molecular weight is 310 g/mol. The van der Waals surface area contributed by atoms with Gasteiger partial charge in [0.05, 0.1) is 23.0 Å². The van der Waals surface area contributed by atoms with E-state index in [1.165, 1.54) is 0 Å². The average Bonchev–Trinajstić information content (AvgIpc) is 2.42. The van der Waals surface area contributed by atoms with Crippen LogP contribution in [0.1, 0.15) is 54.9 Å². The zero-order valence-corrected chi connectivity index (χ0v) is 14.5. The van der Waals surface area contributed by atoms with Gasteiger partial charge in [0.25, 0.3) is 0 Å². The zero-order valence-electron chi connectivity index (χ0n) is 14.5. The molecule has 0 N–H and O–H groups in total. The molecule has 5 heteroatoms. The van der Waals surface area contributed by atoms with E-state index >= 15 is 0 Å². The first-order valence-electron chi connectivity index (χ1n) is 7.76. The van der Waals surface area contributed by atoms with Crippen molar-refractivity contribution in [3.63, 3.8) is 0 Å². The highest BCUT2D eigenvalue weighted by Gasteiger charge is 2.68. The molecule has 124 valence electrons. The summed E-state index contributed by atoms with van der Waals surface area (Å²) in [6.07, 6.45) is 2.47. The van der Waals surface area contributed by atoms with Crippen LogP contribution in [-0.2, 0) is 24.1 Å². The van der Waals surface area contributed by atoms with E-state index in [1.807, 2.05) is 6.92 Å². The predicted molar refractivity (Wildman–Crippen MR) is 80.9 cm³/mol. The summed E-state index contributed by atoms with van der Waals surface area (Å²) in [5.74, 6) is -1.95. The summed E-state index contributed by atoms with van der Waals surface area (Å²) in [6, 6.07) is 0. The molecule has 0 bridgehead atoms. The lowest BCUT2D eigenvalue weighted by Gasteiger charge is -2.54. The summed E-state index contributed by atoms with van der Waals surface area (Å²) in [5.41, 5.74) is -2.52. The molecule has 1 saturated carbocycles. The summed E-state index contributed by atoms with van der Waals surface area (Å²) in [6.45, 7) is 12.7. The quantitative estimate of drug-likeness (QED) is 0.592. The maximum Gasteiger partial charge on any atom is 0.243 e. The number of ketones is 2. The molecular weight excluding hydrogens is 284 g/mol. The lowest BCUT2D eigenvalue weighted by Crippen LogP contribution is -2.67. The number of Topliss-reactive ketones (excluding diaryl/α,β-unsaturated/α-hetero) is 2. The molecule has 2 rings (SSSR count). The van der Waals surface area contributed by atoms with Crippen LogP contribution in [0, 0.1) is 10.8 Å². The second kappa shape index (κ2) is 4.98. The van der Waals surface area contributed by atoms with Crippen molar-refractivity contribution in [2.75, 3.05) is 6.61 Å². The van der Waals surface area contributed by atoms with Gasteiger partial charge in [-0.1, -0.05) is 6.92 Å². The van der Waals surface area contributed by atoms with Gasteiger partial charge in [-0.2, -0.15) is 4.89 Å². The second-order valence-electron chi connectivity index (χ2n) is 7.70. The molecule has 0 saturated heterocycles. The Morgan fingerprint density at radius 2 is 1.64 bits per heavy atom. The molecule has 0 amide bonds. The number of carbonyl (C=O) groups is 2. The van der Waals surface area contributed by atoms with Crippen LogP contribution in [0.5, 0.6) is 0 Å². The molecule has 22 heavy (non-hydrogen) atoms. The van der Waals surface area contributed by atoms with Crippen molar-refractivity contribution in [3.8, 4) is 0 Å². The maximum absolute atomic E-state index is 12.9. The van der Waals surface area contributed by atoms with E-state index in [1.54, 1.807) is 47.6 Å². The number of fused-ring (bicyclic) bond motifs is 1. The highest BCUT2D eigenvalue weighted by molar-refractivity contribution is 6.19. The molecule has 0 aromatic rings. The van der Waals surface area contributed by atoms with Crippen molar-refractivity contribution in [2.45, 2.75) is 66.3 Å². The van der Waals surface area contributed by atoms with Gasteiger partial charge in [0.2, 0.25) is 5.79 Å². The van der Waals surface area contributed by atoms with Gasteiger partial charge in [-0.25, -0.2) is 4.89 Å². The van der Waals surface area contributed by atoms with Crippen LogP contribution in [0.4, 0.5) is 0 Å². The minimum Gasteiger partial charge on any atom is -0.343 e. The predicted octanol–water partition coefficient (Wildman–Crippen LogP) is 2.98. The Morgan fingerprint density at radius 3 is 2.18 bits per heavy atom. The van der Waals surface area contributed by atoms with E-state index in [-0.39, 0.29) is 11.6 Å². The zero-order chi connectivity index (χ0) is 17.0. The summed E-state index contributed by atoms with van der Waals surface area (Å²) in [5, 5.41) is 0. The van der Waals surface area contributed by atoms with Gasteiger partial charge in [-0.05, 0) is 54.0 Å². The normalized spacial score (nSPS) is 32.4. The van der Waals surface area contributed by atoms with Crippen LogP contribution < -0.4 is 0 Å². The van der Waals surface area contributed by atoms with Crippen molar-refractivity contribution in [1.82, 2.24) is 0 Å². The SMILES string of the molecule is CCCOC12OOC(C)(C)C=C1C(=O)C(C)(C)C(=O)C2(C)C. The van der Waals surface area contributed by atoms with Gasteiger partial charge in [0, 0.05) is 0 Å². The summed E-state index contributed by atoms with van der Waals surface area (Å²) >= 11 is 0. The third kappa shape index (κ3) is 2.18. The summed E-state index contributed by atoms with van der Waals surface area (Å²) in [4.78, 5) is 36.9. The number of hydrogen-bond acceptors (Lipinski definition) is 5. The number of carbonyl (C=O) groups excluding carboxylic acids is 2. The number of hydrogen-bond donors (Lipinski definition) is 0. The standard InChI is InChI=1S/C17H26O5/c1-8-9-20-17-11(10-14(2,3)21-22-17)12(18)15(4,5)13(19)16(17,6)7/h10H,8-9H2,1-7H3. The molecule has 1 unspecified atom stereocenters. The van der Waals surface area contributed by atoms with Gasteiger partial charge in [0.1, 0.15) is 5.60 Å². The van der Waals surface area contributed by atoms with Crippen LogP contribution in [0.3, 0.4) is 0 Å². The molecule has 0 aromatic heterocycles. The van der Waals surface area contributed by atoms with Crippen LogP contribution in [-0.4, -0.2) is 29.6 Å². The van der Waals surface area contributed by atoms with Crippen molar-refractivity contribution < 1.29 is 24.1 Å².